The Balaban J connectivity index is 1.81. The molecule has 2 N–H and O–H groups in total. The first-order valence-corrected chi connectivity index (χ1v) is 7.83. The Hall–Kier alpha value is -2.08. The normalized spacial score (nSPS) is 16.5. The highest BCUT2D eigenvalue weighted by atomic mass is 16.3. The van der Waals surface area contributed by atoms with E-state index in [0.29, 0.717) is 17.0 Å². The van der Waals surface area contributed by atoms with E-state index >= 15 is 0 Å². The number of fused-ring (bicyclic) bond motifs is 3. The van der Waals surface area contributed by atoms with Gasteiger partial charge in [-0.25, -0.2) is 4.98 Å². The van der Waals surface area contributed by atoms with Crippen LogP contribution in [0.15, 0.2) is 27.4 Å². The number of nitrogens with zero attached hydrogens (tertiary/aromatic N) is 1. The number of nitrogens with one attached hydrogen (secondary N) is 2. The van der Waals surface area contributed by atoms with Crippen molar-refractivity contribution < 1.29 is 4.42 Å². The van der Waals surface area contributed by atoms with Crippen molar-refractivity contribution in [3.63, 3.8) is 0 Å². The van der Waals surface area contributed by atoms with Gasteiger partial charge in [-0.05, 0) is 37.9 Å². The van der Waals surface area contributed by atoms with Crippen LogP contribution in [0.5, 0.6) is 0 Å². The van der Waals surface area contributed by atoms with E-state index in [2.05, 4.69) is 15.3 Å². The molecule has 3 aromatic rings. The zero-order chi connectivity index (χ0) is 15.1. The highest BCUT2D eigenvalue weighted by Gasteiger charge is 2.17. The van der Waals surface area contributed by atoms with Crippen molar-refractivity contribution in [1.29, 1.82) is 0 Å². The molecule has 5 nitrogen and oxygen atoms in total. The molecular weight excluding hydrogens is 277 g/mol. The summed E-state index contributed by atoms with van der Waals surface area (Å²) in [6.07, 6.45) is 3.09. The summed E-state index contributed by atoms with van der Waals surface area (Å²) in [6.45, 7) is 2.09. The van der Waals surface area contributed by atoms with Crippen molar-refractivity contribution in [3.05, 3.63) is 34.4 Å². The molecule has 1 saturated heterocycles. The maximum absolute atomic E-state index is 12.3. The Morgan fingerprint density at radius 2 is 2.14 bits per heavy atom. The molecule has 0 saturated carbocycles. The summed E-state index contributed by atoms with van der Waals surface area (Å²) in [5.41, 5.74) is 2.69. The summed E-state index contributed by atoms with van der Waals surface area (Å²) in [6, 6.07) is 5.91. The molecule has 0 atom stereocenters. The fraction of sp³-hybridized carbons (Fsp3) is 0.375. The van der Waals surface area contributed by atoms with E-state index in [-0.39, 0.29) is 5.56 Å². The first-order valence-electron chi connectivity index (χ1n) is 7.83. The maximum atomic E-state index is 12.3. The van der Waals surface area contributed by atoms with Gasteiger partial charge in [0.2, 0.25) is 5.58 Å². The average Bonchev–Trinajstić information content (AvgIpc) is 2.87. The van der Waals surface area contributed by atoms with Crippen LogP contribution >= 0.6 is 0 Å². The third kappa shape index (κ3) is 2.33. The third-order valence-corrected chi connectivity index (χ3v) is 4.47. The molecule has 0 radical (unpaired) electrons. The summed E-state index contributed by atoms with van der Waals surface area (Å²) in [5.74, 6) is 1.36. The van der Waals surface area contributed by atoms with Crippen molar-refractivity contribution in [1.82, 2.24) is 15.3 Å². The molecule has 1 aliphatic heterocycles. The minimum Gasteiger partial charge on any atom is -0.449 e. The van der Waals surface area contributed by atoms with E-state index in [1.165, 1.54) is 0 Å². The number of aromatic amines is 1. The largest absolute Gasteiger partial charge is 0.449 e. The lowest BCUT2D eigenvalue weighted by atomic mass is 9.94. The first-order chi connectivity index (χ1) is 10.7. The number of benzene rings is 1. The minimum absolute atomic E-state index is 0.178. The third-order valence-electron chi connectivity index (χ3n) is 4.47. The van der Waals surface area contributed by atoms with Gasteiger partial charge in [0.25, 0.3) is 5.56 Å². The quantitative estimate of drug-likeness (QED) is 0.674. The SMILES string of the molecule is Bc1ccc2oc3c(=O)[nH]c(CC4CCNCC4)nc3c2c1. The molecule has 22 heavy (non-hydrogen) atoms. The molecule has 0 aliphatic carbocycles. The second kappa shape index (κ2) is 5.28. The lowest BCUT2D eigenvalue weighted by Crippen LogP contribution is -2.29. The van der Waals surface area contributed by atoms with Crippen molar-refractivity contribution in [3.8, 4) is 0 Å². The fourth-order valence-corrected chi connectivity index (χ4v) is 3.27. The van der Waals surface area contributed by atoms with Crippen molar-refractivity contribution in [2.45, 2.75) is 19.3 Å². The predicted octanol–water partition coefficient (Wildman–Crippen LogP) is 0.470. The summed E-state index contributed by atoms with van der Waals surface area (Å²) in [4.78, 5) is 19.9. The first kappa shape index (κ1) is 13.6. The van der Waals surface area contributed by atoms with E-state index in [9.17, 15) is 4.79 Å². The van der Waals surface area contributed by atoms with E-state index in [4.69, 9.17) is 4.42 Å². The number of piperidine rings is 1. The Kier molecular flexibility index (Phi) is 3.26. The van der Waals surface area contributed by atoms with Gasteiger partial charge in [-0.15, -0.1) is 0 Å². The van der Waals surface area contributed by atoms with Gasteiger partial charge in [0.05, 0.1) is 0 Å². The molecule has 0 bridgehead atoms. The van der Waals surface area contributed by atoms with Crippen LogP contribution in [0, 0.1) is 5.92 Å². The van der Waals surface area contributed by atoms with Crippen LogP contribution in [0.3, 0.4) is 0 Å². The van der Waals surface area contributed by atoms with Crippen LogP contribution in [0.4, 0.5) is 0 Å². The van der Waals surface area contributed by atoms with E-state index in [1.807, 2.05) is 26.0 Å². The van der Waals surface area contributed by atoms with Crippen LogP contribution in [0.1, 0.15) is 18.7 Å². The highest BCUT2D eigenvalue weighted by molar-refractivity contribution is 6.33. The Morgan fingerprint density at radius 3 is 2.95 bits per heavy atom. The van der Waals surface area contributed by atoms with Crippen LogP contribution in [0.2, 0.25) is 0 Å². The van der Waals surface area contributed by atoms with Gasteiger partial charge in [-0.1, -0.05) is 17.6 Å². The van der Waals surface area contributed by atoms with Crippen molar-refractivity contribution >= 4 is 35.4 Å². The van der Waals surface area contributed by atoms with Gasteiger partial charge < -0.3 is 14.7 Å². The van der Waals surface area contributed by atoms with Gasteiger partial charge in [-0.3, -0.25) is 4.79 Å². The number of rotatable bonds is 2. The second-order valence-corrected chi connectivity index (χ2v) is 6.19. The van der Waals surface area contributed by atoms with Crippen molar-refractivity contribution in [2.75, 3.05) is 13.1 Å². The monoisotopic (exact) mass is 295 g/mol. The smallest absolute Gasteiger partial charge is 0.294 e. The van der Waals surface area contributed by atoms with E-state index in [1.54, 1.807) is 0 Å². The number of H-pyrrole nitrogens is 1. The molecule has 0 spiro atoms. The van der Waals surface area contributed by atoms with Gasteiger partial charge >= 0.3 is 0 Å². The molecule has 2 aromatic heterocycles. The molecule has 0 amide bonds. The molecule has 1 fully saturated rings. The molecular formula is C16H18BN3O2. The Bertz CT molecular complexity index is 893. The zero-order valence-corrected chi connectivity index (χ0v) is 12.6. The zero-order valence-electron chi connectivity index (χ0n) is 12.6. The lowest BCUT2D eigenvalue weighted by Gasteiger charge is -2.21. The molecule has 4 rings (SSSR count). The summed E-state index contributed by atoms with van der Waals surface area (Å²) in [7, 11) is 2.03. The standard InChI is InChI=1S/C16H18BN3O2/c17-10-1-2-12-11(8-10)14-15(22-12)16(21)20-13(19-14)7-9-3-5-18-6-4-9/h1-2,8-9,18H,3-7,17H2,(H,19,20,21). The fourth-order valence-electron chi connectivity index (χ4n) is 3.27. The van der Waals surface area contributed by atoms with Crippen LogP contribution in [-0.2, 0) is 6.42 Å². The van der Waals surface area contributed by atoms with Gasteiger partial charge in [0.1, 0.15) is 24.8 Å². The molecule has 3 heterocycles. The molecule has 1 aromatic carbocycles. The maximum Gasteiger partial charge on any atom is 0.294 e. The van der Waals surface area contributed by atoms with Gasteiger partial charge in [0, 0.05) is 11.8 Å². The van der Waals surface area contributed by atoms with E-state index < -0.39 is 0 Å². The average molecular weight is 295 g/mol. The number of hydrogen-bond donors (Lipinski definition) is 2. The Labute approximate surface area is 128 Å². The highest BCUT2D eigenvalue weighted by Crippen LogP contribution is 2.24. The number of aromatic nitrogens is 2. The minimum atomic E-state index is -0.178. The van der Waals surface area contributed by atoms with Gasteiger partial charge in [0.15, 0.2) is 0 Å². The van der Waals surface area contributed by atoms with Crippen LogP contribution in [-0.4, -0.2) is 30.9 Å². The Morgan fingerprint density at radius 1 is 1.32 bits per heavy atom. The summed E-state index contributed by atoms with van der Waals surface area (Å²) >= 11 is 0. The van der Waals surface area contributed by atoms with Crippen LogP contribution < -0.4 is 16.3 Å². The summed E-state index contributed by atoms with van der Waals surface area (Å²) < 4.78 is 5.67. The molecule has 1 aliphatic rings. The predicted molar refractivity (Wildman–Crippen MR) is 89.6 cm³/mol. The molecule has 0 unspecified atom stereocenters. The molecule has 6 heteroatoms. The van der Waals surface area contributed by atoms with E-state index in [0.717, 1.165) is 54.6 Å². The van der Waals surface area contributed by atoms with Crippen LogP contribution in [0.25, 0.3) is 22.1 Å². The van der Waals surface area contributed by atoms with Crippen molar-refractivity contribution in [2.24, 2.45) is 5.92 Å². The number of furan rings is 1. The number of hydrogen-bond acceptors (Lipinski definition) is 4. The lowest BCUT2D eigenvalue weighted by molar-refractivity contribution is 0.367. The second-order valence-electron chi connectivity index (χ2n) is 6.19. The topological polar surface area (TPSA) is 70.9 Å². The molecule has 112 valence electrons. The summed E-state index contributed by atoms with van der Waals surface area (Å²) in [5, 5.41) is 4.28. The van der Waals surface area contributed by atoms with Gasteiger partial charge in [-0.2, -0.15) is 0 Å².